The van der Waals surface area contributed by atoms with E-state index in [1.807, 2.05) is 11.8 Å². The van der Waals surface area contributed by atoms with Crippen LogP contribution in [0.2, 0.25) is 0 Å². The van der Waals surface area contributed by atoms with E-state index in [1.165, 1.54) is 12.8 Å². The molecule has 17 heavy (non-hydrogen) atoms. The lowest BCUT2D eigenvalue weighted by Crippen LogP contribution is -2.46. The normalized spacial score (nSPS) is 30.0. The van der Waals surface area contributed by atoms with Crippen molar-refractivity contribution in [2.75, 3.05) is 12.8 Å². The Morgan fingerprint density at radius 1 is 1.41 bits per heavy atom. The van der Waals surface area contributed by atoms with Crippen LogP contribution in [0.4, 0.5) is 4.79 Å². The van der Waals surface area contributed by atoms with Gasteiger partial charge in [-0.1, -0.05) is 6.42 Å². The molecule has 0 heterocycles. The fourth-order valence-electron chi connectivity index (χ4n) is 2.44. The standard InChI is InChI=1S/C12H22N2O2S/c1-17-11-4-2-3-9(11)14-12(16)13-7-10(15)8-5-6-8/h8-11,15H,2-7H2,1H3,(H2,13,14,16). The monoisotopic (exact) mass is 258 g/mol. The van der Waals surface area contributed by atoms with Crippen LogP contribution in [0.5, 0.6) is 0 Å². The van der Waals surface area contributed by atoms with Crippen molar-refractivity contribution in [3.05, 3.63) is 0 Å². The highest BCUT2D eigenvalue weighted by atomic mass is 32.2. The highest BCUT2D eigenvalue weighted by Crippen LogP contribution is 2.32. The van der Waals surface area contributed by atoms with Gasteiger partial charge in [-0.15, -0.1) is 0 Å². The summed E-state index contributed by atoms with van der Waals surface area (Å²) in [5.41, 5.74) is 0. The zero-order chi connectivity index (χ0) is 12.3. The van der Waals surface area contributed by atoms with E-state index in [0.29, 0.717) is 23.8 Å². The van der Waals surface area contributed by atoms with Crippen LogP contribution in [-0.4, -0.2) is 41.3 Å². The maximum absolute atomic E-state index is 11.7. The van der Waals surface area contributed by atoms with Gasteiger partial charge in [0.1, 0.15) is 0 Å². The van der Waals surface area contributed by atoms with E-state index in [9.17, 15) is 9.90 Å². The lowest BCUT2D eigenvalue weighted by atomic mass is 10.2. The van der Waals surface area contributed by atoms with E-state index in [-0.39, 0.29) is 12.1 Å². The topological polar surface area (TPSA) is 61.4 Å². The van der Waals surface area contributed by atoms with Crippen LogP contribution in [0, 0.1) is 5.92 Å². The lowest BCUT2D eigenvalue weighted by Gasteiger charge is -2.20. The van der Waals surface area contributed by atoms with Gasteiger partial charge >= 0.3 is 6.03 Å². The first-order chi connectivity index (χ1) is 8.20. The van der Waals surface area contributed by atoms with E-state index in [0.717, 1.165) is 19.3 Å². The van der Waals surface area contributed by atoms with E-state index < -0.39 is 0 Å². The van der Waals surface area contributed by atoms with Crippen LogP contribution in [-0.2, 0) is 0 Å². The molecule has 0 aromatic heterocycles. The Labute approximate surface area is 107 Å². The molecular formula is C12H22N2O2S. The van der Waals surface area contributed by atoms with E-state index in [1.54, 1.807) is 0 Å². The van der Waals surface area contributed by atoms with Gasteiger partial charge in [-0.25, -0.2) is 4.79 Å². The van der Waals surface area contributed by atoms with Gasteiger partial charge in [0.05, 0.1) is 6.10 Å². The number of urea groups is 1. The average Bonchev–Trinajstić information content (AvgIpc) is 3.08. The number of carbonyl (C=O) groups is 1. The number of rotatable bonds is 5. The van der Waals surface area contributed by atoms with Crippen LogP contribution in [0.1, 0.15) is 32.1 Å². The second-order valence-corrected chi connectivity index (χ2v) is 6.15. The third-order valence-electron chi connectivity index (χ3n) is 3.71. The van der Waals surface area contributed by atoms with Gasteiger partial charge in [0.25, 0.3) is 0 Å². The molecule has 2 aliphatic rings. The first-order valence-electron chi connectivity index (χ1n) is 6.46. The number of thioether (sulfide) groups is 1. The highest BCUT2D eigenvalue weighted by molar-refractivity contribution is 7.99. The van der Waals surface area contributed by atoms with Crippen LogP contribution in [0.3, 0.4) is 0 Å². The Morgan fingerprint density at radius 2 is 2.18 bits per heavy atom. The van der Waals surface area contributed by atoms with Crippen molar-refractivity contribution in [2.24, 2.45) is 5.92 Å². The van der Waals surface area contributed by atoms with Crippen molar-refractivity contribution in [1.82, 2.24) is 10.6 Å². The molecule has 0 aromatic carbocycles. The summed E-state index contributed by atoms with van der Waals surface area (Å²) in [5, 5.41) is 16.0. The zero-order valence-electron chi connectivity index (χ0n) is 10.3. The SMILES string of the molecule is CSC1CCCC1NC(=O)NCC(O)C1CC1. The van der Waals surface area contributed by atoms with Gasteiger partial charge in [0, 0.05) is 17.8 Å². The molecule has 0 radical (unpaired) electrons. The number of hydrogen-bond acceptors (Lipinski definition) is 3. The second kappa shape index (κ2) is 5.96. The first kappa shape index (κ1) is 13.0. The summed E-state index contributed by atoms with van der Waals surface area (Å²) in [4.78, 5) is 11.7. The van der Waals surface area contributed by atoms with Gasteiger partial charge in [-0.05, 0) is 37.9 Å². The predicted molar refractivity (Wildman–Crippen MR) is 70.2 cm³/mol. The summed E-state index contributed by atoms with van der Waals surface area (Å²) in [7, 11) is 0. The van der Waals surface area contributed by atoms with Crippen molar-refractivity contribution >= 4 is 17.8 Å². The van der Waals surface area contributed by atoms with Gasteiger partial charge < -0.3 is 15.7 Å². The molecule has 0 bridgehead atoms. The number of nitrogens with one attached hydrogen (secondary N) is 2. The quantitative estimate of drug-likeness (QED) is 0.697. The molecule has 2 saturated carbocycles. The minimum atomic E-state index is -0.360. The zero-order valence-corrected chi connectivity index (χ0v) is 11.1. The minimum Gasteiger partial charge on any atom is -0.391 e. The number of amides is 2. The van der Waals surface area contributed by atoms with Crippen LogP contribution in [0.25, 0.3) is 0 Å². The number of carbonyl (C=O) groups excluding carboxylic acids is 1. The minimum absolute atomic E-state index is 0.129. The smallest absolute Gasteiger partial charge is 0.315 e. The maximum Gasteiger partial charge on any atom is 0.315 e. The summed E-state index contributed by atoms with van der Waals surface area (Å²) in [6.07, 6.45) is 7.39. The Bertz CT molecular complexity index is 271. The van der Waals surface area contributed by atoms with Crippen molar-refractivity contribution < 1.29 is 9.90 Å². The molecule has 98 valence electrons. The molecule has 2 fully saturated rings. The molecule has 2 aliphatic carbocycles. The molecule has 3 unspecified atom stereocenters. The molecule has 3 N–H and O–H groups in total. The highest BCUT2D eigenvalue weighted by Gasteiger charge is 2.31. The third-order valence-corrected chi connectivity index (χ3v) is 4.88. The Hall–Kier alpha value is -0.420. The largest absolute Gasteiger partial charge is 0.391 e. The summed E-state index contributed by atoms with van der Waals surface area (Å²) < 4.78 is 0. The maximum atomic E-state index is 11.7. The Morgan fingerprint density at radius 3 is 2.82 bits per heavy atom. The fraction of sp³-hybridized carbons (Fsp3) is 0.917. The molecule has 3 atom stereocenters. The fourth-order valence-corrected chi connectivity index (χ4v) is 3.37. The lowest BCUT2D eigenvalue weighted by molar-refractivity contribution is 0.149. The van der Waals surface area contributed by atoms with E-state index in [4.69, 9.17) is 0 Å². The Kier molecular flexibility index (Phi) is 4.56. The molecule has 5 heteroatoms. The molecule has 0 aromatic rings. The van der Waals surface area contributed by atoms with E-state index >= 15 is 0 Å². The number of aliphatic hydroxyl groups is 1. The second-order valence-electron chi connectivity index (χ2n) is 5.07. The average molecular weight is 258 g/mol. The summed E-state index contributed by atoms with van der Waals surface area (Å²) in [6, 6.07) is 0.165. The molecule has 4 nitrogen and oxygen atoms in total. The van der Waals surface area contributed by atoms with Crippen LogP contribution in [0.15, 0.2) is 0 Å². The van der Waals surface area contributed by atoms with Crippen molar-refractivity contribution in [2.45, 2.75) is 49.5 Å². The van der Waals surface area contributed by atoms with Crippen molar-refractivity contribution in [3.63, 3.8) is 0 Å². The first-order valence-corrected chi connectivity index (χ1v) is 7.74. The summed E-state index contributed by atoms with van der Waals surface area (Å²) >= 11 is 1.83. The third kappa shape index (κ3) is 3.78. The molecule has 2 amide bonds. The molecule has 0 saturated heterocycles. The van der Waals surface area contributed by atoms with Crippen molar-refractivity contribution in [3.8, 4) is 0 Å². The molecule has 0 aliphatic heterocycles. The molecule has 0 spiro atoms. The number of hydrogen-bond donors (Lipinski definition) is 3. The van der Waals surface area contributed by atoms with Crippen LogP contribution < -0.4 is 10.6 Å². The Balaban J connectivity index is 1.65. The van der Waals surface area contributed by atoms with Crippen LogP contribution >= 0.6 is 11.8 Å². The van der Waals surface area contributed by atoms with Gasteiger partial charge in [0.15, 0.2) is 0 Å². The molecule has 2 rings (SSSR count). The van der Waals surface area contributed by atoms with Gasteiger partial charge in [-0.2, -0.15) is 11.8 Å². The van der Waals surface area contributed by atoms with E-state index in [2.05, 4.69) is 16.9 Å². The van der Waals surface area contributed by atoms with Crippen molar-refractivity contribution in [1.29, 1.82) is 0 Å². The summed E-state index contributed by atoms with van der Waals surface area (Å²) in [5.74, 6) is 0.417. The number of aliphatic hydroxyl groups excluding tert-OH is 1. The summed E-state index contributed by atoms with van der Waals surface area (Å²) in [6.45, 7) is 0.382. The van der Waals surface area contributed by atoms with Gasteiger partial charge in [-0.3, -0.25) is 0 Å². The molecular weight excluding hydrogens is 236 g/mol. The van der Waals surface area contributed by atoms with Gasteiger partial charge in [0.2, 0.25) is 0 Å². The predicted octanol–water partition coefficient (Wildman–Crippen LogP) is 1.34.